The Labute approximate surface area is 136 Å². The van der Waals surface area contributed by atoms with Gasteiger partial charge in [-0.3, -0.25) is 4.79 Å². The molecule has 0 bridgehead atoms. The van der Waals surface area contributed by atoms with Crippen molar-refractivity contribution < 1.29 is 4.79 Å². The Kier molecular flexibility index (Phi) is 3.58. The molecule has 0 radical (unpaired) electrons. The van der Waals surface area contributed by atoms with Gasteiger partial charge in [-0.05, 0) is 49.3 Å². The van der Waals surface area contributed by atoms with E-state index in [2.05, 4.69) is 10.3 Å². The summed E-state index contributed by atoms with van der Waals surface area (Å²) in [5.74, 6) is 0.152. The summed E-state index contributed by atoms with van der Waals surface area (Å²) in [6.45, 7) is 1.81. The molecule has 1 spiro atoms. The molecule has 1 aliphatic heterocycles. The number of hydrogen-bond donors (Lipinski definition) is 0. The largest absolute Gasteiger partial charge is 0.339 e. The summed E-state index contributed by atoms with van der Waals surface area (Å²) in [6.07, 6.45) is 9.21. The number of carbonyl (C=O) groups is 1. The molecule has 2 heterocycles. The molecule has 5 heteroatoms. The number of nitrogens with zero attached hydrogens (tertiary/aromatic N) is 4. The van der Waals surface area contributed by atoms with E-state index in [1.807, 2.05) is 30.1 Å². The number of aryl methyl sites for hydroxylation is 1. The van der Waals surface area contributed by atoms with Crippen LogP contribution in [0.25, 0.3) is 11.0 Å². The summed E-state index contributed by atoms with van der Waals surface area (Å²) in [4.78, 5) is 14.9. The Morgan fingerprint density at radius 3 is 2.57 bits per heavy atom. The quantitative estimate of drug-likeness (QED) is 0.813. The number of carbonyl (C=O) groups excluding carboxylic acids is 1. The van der Waals surface area contributed by atoms with Crippen molar-refractivity contribution in [1.82, 2.24) is 19.9 Å². The number of fused-ring (bicyclic) bond motifs is 1. The zero-order valence-corrected chi connectivity index (χ0v) is 13.8. The molecule has 5 nitrogen and oxygen atoms in total. The maximum absolute atomic E-state index is 12.8. The van der Waals surface area contributed by atoms with E-state index in [1.54, 1.807) is 4.68 Å². The standard InChI is InChI=1S/C18H24N4O/c1-21-16-13-14(5-6-15(16)19-20-21)17(23)22-11-9-18(10-12-22)7-3-2-4-8-18/h5-6,13H,2-4,7-12H2,1H3. The van der Waals surface area contributed by atoms with Crippen molar-refractivity contribution in [2.75, 3.05) is 13.1 Å². The van der Waals surface area contributed by atoms with Crippen molar-refractivity contribution in [2.24, 2.45) is 12.5 Å². The Morgan fingerprint density at radius 1 is 1.09 bits per heavy atom. The van der Waals surface area contributed by atoms with Crippen molar-refractivity contribution in [3.63, 3.8) is 0 Å². The molecule has 1 aliphatic carbocycles. The normalized spacial score (nSPS) is 21.0. The van der Waals surface area contributed by atoms with Crippen LogP contribution >= 0.6 is 0 Å². The van der Waals surface area contributed by atoms with E-state index in [0.717, 1.165) is 29.7 Å². The molecule has 1 saturated carbocycles. The zero-order chi connectivity index (χ0) is 15.9. The topological polar surface area (TPSA) is 51.0 Å². The van der Waals surface area contributed by atoms with Gasteiger partial charge in [-0.1, -0.05) is 24.5 Å². The highest BCUT2D eigenvalue weighted by Gasteiger charge is 2.36. The monoisotopic (exact) mass is 312 g/mol. The second-order valence-electron chi connectivity index (χ2n) is 7.27. The number of rotatable bonds is 1. The van der Waals surface area contributed by atoms with E-state index in [0.29, 0.717) is 5.41 Å². The van der Waals surface area contributed by atoms with E-state index < -0.39 is 0 Å². The Balaban J connectivity index is 1.49. The molecule has 122 valence electrons. The summed E-state index contributed by atoms with van der Waals surface area (Å²) in [5.41, 5.74) is 3.04. The van der Waals surface area contributed by atoms with Crippen molar-refractivity contribution in [3.8, 4) is 0 Å². The highest BCUT2D eigenvalue weighted by Crippen LogP contribution is 2.44. The van der Waals surface area contributed by atoms with Gasteiger partial charge in [-0.2, -0.15) is 0 Å². The molecule has 0 N–H and O–H groups in total. The third-order valence-electron chi connectivity index (χ3n) is 5.88. The maximum Gasteiger partial charge on any atom is 0.253 e. The summed E-state index contributed by atoms with van der Waals surface area (Å²) < 4.78 is 1.72. The molecule has 4 rings (SSSR count). The van der Waals surface area contributed by atoms with Gasteiger partial charge < -0.3 is 4.90 Å². The SMILES string of the molecule is Cn1nnc2ccc(C(=O)N3CCC4(CCCCC4)CC3)cc21. The van der Waals surface area contributed by atoms with Crippen LogP contribution in [-0.4, -0.2) is 38.9 Å². The van der Waals surface area contributed by atoms with Crippen LogP contribution in [0.1, 0.15) is 55.3 Å². The van der Waals surface area contributed by atoms with Gasteiger partial charge in [-0.25, -0.2) is 4.68 Å². The molecule has 1 aromatic heterocycles. The molecule has 1 aromatic carbocycles. The number of piperidine rings is 1. The lowest BCUT2D eigenvalue weighted by molar-refractivity contribution is 0.0472. The summed E-state index contributed by atoms with van der Waals surface area (Å²) in [7, 11) is 1.86. The van der Waals surface area contributed by atoms with Crippen LogP contribution in [0, 0.1) is 5.41 Å². The van der Waals surface area contributed by atoms with Gasteiger partial charge >= 0.3 is 0 Å². The van der Waals surface area contributed by atoms with Crippen LogP contribution < -0.4 is 0 Å². The van der Waals surface area contributed by atoms with E-state index in [9.17, 15) is 4.79 Å². The van der Waals surface area contributed by atoms with E-state index in [-0.39, 0.29) is 5.91 Å². The first-order chi connectivity index (χ1) is 11.2. The van der Waals surface area contributed by atoms with E-state index in [4.69, 9.17) is 0 Å². The lowest BCUT2D eigenvalue weighted by Gasteiger charge is -2.44. The van der Waals surface area contributed by atoms with Crippen LogP contribution in [-0.2, 0) is 7.05 Å². The molecule has 2 aliphatic rings. The highest BCUT2D eigenvalue weighted by atomic mass is 16.2. The second kappa shape index (κ2) is 5.62. The fourth-order valence-electron chi connectivity index (χ4n) is 4.33. The van der Waals surface area contributed by atoms with Gasteiger partial charge in [0.1, 0.15) is 5.52 Å². The van der Waals surface area contributed by atoms with Crippen LogP contribution in [0.15, 0.2) is 18.2 Å². The number of aromatic nitrogens is 3. The summed E-state index contributed by atoms with van der Waals surface area (Å²) >= 11 is 0. The Bertz CT molecular complexity index is 720. The summed E-state index contributed by atoms with van der Waals surface area (Å²) in [6, 6.07) is 5.69. The number of amides is 1. The van der Waals surface area contributed by atoms with Gasteiger partial charge in [0.15, 0.2) is 0 Å². The van der Waals surface area contributed by atoms with Gasteiger partial charge in [0.05, 0.1) is 5.52 Å². The molecule has 1 saturated heterocycles. The number of likely N-dealkylation sites (tertiary alicyclic amines) is 1. The molecule has 2 fully saturated rings. The minimum absolute atomic E-state index is 0.152. The second-order valence-corrected chi connectivity index (χ2v) is 7.27. The lowest BCUT2D eigenvalue weighted by Crippen LogP contribution is -2.43. The minimum Gasteiger partial charge on any atom is -0.339 e. The molecule has 23 heavy (non-hydrogen) atoms. The average Bonchev–Trinajstić information content (AvgIpc) is 2.96. The minimum atomic E-state index is 0.152. The fourth-order valence-corrected chi connectivity index (χ4v) is 4.33. The van der Waals surface area contributed by atoms with Crippen LogP contribution in [0.4, 0.5) is 0 Å². The first kappa shape index (κ1) is 14.7. The lowest BCUT2D eigenvalue weighted by atomic mass is 9.68. The van der Waals surface area contributed by atoms with Crippen molar-refractivity contribution in [1.29, 1.82) is 0 Å². The van der Waals surface area contributed by atoms with Gasteiger partial charge in [0.2, 0.25) is 0 Å². The number of benzene rings is 1. The van der Waals surface area contributed by atoms with Crippen molar-refractivity contribution in [3.05, 3.63) is 23.8 Å². The fraction of sp³-hybridized carbons (Fsp3) is 0.611. The molecule has 0 atom stereocenters. The number of hydrogen-bond acceptors (Lipinski definition) is 3. The van der Waals surface area contributed by atoms with Crippen molar-refractivity contribution in [2.45, 2.75) is 44.9 Å². The molecule has 0 unspecified atom stereocenters. The van der Waals surface area contributed by atoms with Crippen molar-refractivity contribution >= 4 is 16.9 Å². The first-order valence-corrected chi connectivity index (χ1v) is 8.76. The van der Waals surface area contributed by atoms with Crippen LogP contribution in [0.5, 0.6) is 0 Å². The van der Waals surface area contributed by atoms with Gasteiger partial charge in [0.25, 0.3) is 5.91 Å². The average molecular weight is 312 g/mol. The molecule has 1 amide bonds. The molecular weight excluding hydrogens is 288 g/mol. The highest BCUT2D eigenvalue weighted by molar-refractivity contribution is 5.97. The maximum atomic E-state index is 12.8. The third kappa shape index (κ3) is 2.62. The summed E-state index contributed by atoms with van der Waals surface area (Å²) in [5, 5.41) is 8.08. The molecule has 2 aromatic rings. The first-order valence-electron chi connectivity index (χ1n) is 8.76. The van der Waals surface area contributed by atoms with Gasteiger partial charge in [-0.15, -0.1) is 5.10 Å². The van der Waals surface area contributed by atoms with E-state index >= 15 is 0 Å². The third-order valence-corrected chi connectivity index (χ3v) is 5.88. The van der Waals surface area contributed by atoms with Crippen LogP contribution in [0.3, 0.4) is 0 Å². The molecular formula is C18H24N4O. The Hall–Kier alpha value is -1.91. The predicted molar refractivity (Wildman–Crippen MR) is 89.2 cm³/mol. The zero-order valence-electron chi connectivity index (χ0n) is 13.8. The predicted octanol–water partition coefficient (Wildman–Crippen LogP) is 3.15. The Morgan fingerprint density at radius 2 is 1.83 bits per heavy atom. The van der Waals surface area contributed by atoms with Crippen LogP contribution in [0.2, 0.25) is 0 Å². The van der Waals surface area contributed by atoms with E-state index in [1.165, 1.54) is 44.9 Å². The van der Waals surface area contributed by atoms with Gasteiger partial charge in [0, 0.05) is 25.7 Å². The smallest absolute Gasteiger partial charge is 0.253 e.